The van der Waals surface area contributed by atoms with Crippen LogP contribution in [-0.4, -0.2) is 35.4 Å². The summed E-state index contributed by atoms with van der Waals surface area (Å²) < 4.78 is 9.95. The van der Waals surface area contributed by atoms with Crippen molar-refractivity contribution in [1.82, 2.24) is 4.98 Å². The van der Waals surface area contributed by atoms with Crippen LogP contribution in [0, 0.1) is 0 Å². The van der Waals surface area contributed by atoms with Crippen molar-refractivity contribution in [2.45, 2.75) is 24.0 Å². The molecule has 2 aromatic rings. The summed E-state index contributed by atoms with van der Waals surface area (Å²) in [5.74, 6) is -1.20. The van der Waals surface area contributed by atoms with Crippen LogP contribution < -0.4 is 0 Å². The van der Waals surface area contributed by atoms with Crippen molar-refractivity contribution >= 4 is 34.6 Å². The lowest BCUT2D eigenvalue weighted by Gasteiger charge is -2.14. The first-order valence-corrected chi connectivity index (χ1v) is 7.89. The molecule has 6 heteroatoms. The summed E-state index contributed by atoms with van der Waals surface area (Å²) in [6.45, 7) is 3.82. The van der Waals surface area contributed by atoms with Gasteiger partial charge >= 0.3 is 11.9 Å². The molecule has 0 amide bonds. The minimum Gasteiger partial charge on any atom is -0.465 e. The molecule has 1 aromatic carbocycles. The highest BCUT2D eigenvalue weighted by atomic mass is 32.2. The zero-order valence-electron chi connectivity index (χ0n) is 12.4. The predicted octanol–water partition coefficient (Wildman–Crippen LogP) is 2.82. The van der Waals surface area contributed by atoms with Crippen LogP contribution in [0.15, 0.2) is 41.4 Å². The first-order chi connectivity index (χ1) is 10.7. The maximum atomic E-state index is 12.0. The SMILES string of the molecule is CCOC(=O)C(Sc1cccc2cccnc12)C(=O)OCC. The highest BCUT2D eigenvalue weighted by Crippen LogP contribution is 2.30. The van der Waals surface area contributed by atoms with E-state index in [4.69, 9.17) is 9.47 Å². The summed E-state index contributed by atoms with van der Waals surface area (Å²) in [5.41, 5.74) is 0.744. The first kappa shape index (κ1) is 16.3. The Morgan fingerprint density at radius 1 is 1.09 bits per heavy atom. The van der Waals surface area contributed by atoms with Gasteiger partial charge in [-0.3, -0.25) is 14.6 Å². The van der Waals surface area contributed by atoms with Gasteiger partial charge in [-0.2, -0.15) is 0 Å². The number of benzene rings is 1. The van der Waals surface area contributed by atoms with E-state index in [0.717, 1.165) is 27.6 Å². The summed E-state index contributed by atoms with van der Waals surface area (Å²) in [7, 11) is 0. The third-order valence-electron chi connectivity index (χ3n) is 2.84. The van der Waals surface area contributed by atoms with Crippen LogP contribution in [0.4, 0.5) is 0 Å². The lowest BCUT2D eigenvalue weighted by atomic mass is 10.2. The molecule has 0 atom stereocenters. The number of thioether (sulfide) groups is 1. The minimum absolute atomic E-state index is 0.211. The lowest BCUT2D eigenvalue weighted by Crippen LogP contribution is -2.30. The van der Waals surface area contributed by atoms with E-state index in [-0.39, 0.29) is 13.2 Å². The molecule has 0 aliphatic rings. The molecule has 1 aromatic heterocycles. The van der Waals surface area contributed by atoms with Crippen LogP contribution in [0.1, 0.15) is 13.8 Å². The number of esters is 2. The molecule has 0 N–H and O–H groups in total. The largest absolute Gasteiger partial charge is 0.465 e. The Morgan fingerprint density at radius 2 is 1.73 bits per heavy atom. The number of ether oxygens (including phenoxy) is 2. The fraction of sp³-hybridized carbons (Fsp3) is 0.312. The van der Waals surface area contributed by atoms with Crippen molar-refractivity contribution in [2.75, 3.05) is 13.2 Å². The number of aromatic nitrogens is 1. The van der Waals surface area contributed by atoms with E-state index in [1.54, 1.807) is 20.0 Å². The Kier molecular flexibility index (Phi) is 5.77. The van der Waals surface area contributed by atoms with Crippen LogP contribution in [0.3, 0.4) is 0 Å². The number of carbonyl (C=O) groups excluding carboxylic acids is 2. The molecule has 1 heterocycles. The summed E-state index contributed by atoms with van der Waals surface area (Å²) in [6.07, 6.45) is 1.68. The highest BCUT2D eigenvalue weighted by Gasteiger charge is 2.31. The number of carbonyl (C=O) groups is 2. The van der Waals surface area contributed by atoms with Crippen molar-refractivity contribution in [3.8, 4) is 0 Å². The first-order valence-electron chi connectivity index (χ1n) is 7.01. The normalized spacial score (nSPS) is 10.7. The van der Waals surface area contributed by atoms with Gasteiger partial charge in [0.05, 0.1) is 18.7 Å². The number of hydrogen-bond acceptors (Lipinski definition) is 6. The minimum atomic E-state index is -1.05. The van der Waals surface area contributed by atoms with Gasteiger partial charge in [-0.15, -0.1) is 0 Å². The van der Waals surface area contributed by atoms with Gasteiger partial charge in [0, 0.05) is 16.5 Å². The molecule has 116 valence electrons. The molecule has 0 unspecified atom stereocenters. The number of hydrogen-bond donors (Lipinski definition) is 0. The number of rotatable bonds is 6. The maximum absolute atomic E-state index is 12.0. The molecule has 0 bridgehead atoms. The Bertz CT molecular complexity index is 651. The Morgan fingerprint density at radius 3 is 2.36 bits per heavy atom. The summed E-state index contributed by atoms with van der Waals surface area (Å²) >= 11 is 1.10. The van der Waals surface area contributed by atoms with Gasteiger partial charge in [-0.05, 0) is 26.0 Å². The molecular formula is C16H17NO4S. The Balaban J connectivity index is 2.32. The maximum Gasteiger partial charge on any atom is 0.331 e. The second-order valence-corrected chi connectivity index (χ2v) is 5.48. The van der Waals surface area contributed by atoms with Crippen molar-refractivity contribution in [3.63, 3.8) is 0 Å². The number of fused-ring (bicyclic) bond motifs is 1. The molecule has 5 nitrogen and oxygen atoms in total. The van der Waals surface area contributed by atoms with E-state index < -0.39 is 17.2 Å². The molecule has 0 fully saturated rings. The molecule has 2 rings (SSSR count). The molecular weight excluding hydrogens is 302 g/mol. The molecule has 0 saturated heterocycles. The molecule has 22 heavy (non-hydrogen) atoms. The average molecular weight is 319 g/mol. The Labute approximate surface area is 133 Å². The van der Waals surface area contributed by atoms with Crippen molar-refractivity contribution in [3.05, 3.63) is 36.5 Å². The summed E-state index contributed by atoms with van der Waals surface area (Å²) in [5, 5.41) is -0.105. The summed E-state index contributed by atoms with van der Waals surface area (Å²) in [6, 6.07) is 9.38. The second-order valence-electron chi connectivity index (χ2n) is 4.33. The number of nitrogens with zero attached hydrogens (tertiary/aromatic N) is 1. The smallest absolute Gasteiger partial charge is 0.331 e. The highest BCUT2D eigenvalue weighted by molar-refractivity contribution is 8.01. The Hall–Kier alpha value is -2.08. The number of para-hydroxylation sites is 1. The lowest BCUT2D eigenvalue weighted by molar-refractivity contribution is -0.152. The van der Waals surface area contributed by atoms with Gasteiger partial charge in [-0.25, -0.2) is 0 Å². The van der Waals surface area contributed by atoms with E-state index in [1.165, 1.54) is 0 Å². The third kappa shape index (κ3) is 3.76. The second kappa shape index (κ2) is 7.79. The van der Waals surface area contributed by atoms with Gasteiger partial charge in [0.25, 0.3) is 0 Å². The van der Waals surface area contributed by atoms with Crippen molar-refractivity contribution < 1.29 is 19.1 Å². The average Bonchev–Trinajstić information content (AvgIpc) is 2.53. The fourth-order valence-electron chi connectivity index (χ4n) is 1.93. The van der Waals surface area contributed by atoms with Gasteiger partial charge in [0.2, 0.25) is 5.25 Å². The van der Waals surface area contributed by atoms with Gasteiger partial charge in [0.15, 0.2) is 0 Å². The van der Waals surface area contributed by atoms with Gasteiger partial charge < -0.3 is 9.47 Å². The van der Waals surface area contributed by atoms with Crippen LogP contribution in [0.2, 0.25) is 0 Å². The quantitative estimate of drug-likeness (QED) is 0.463. The zero-order chi connectivity index (χ0) is 15.9. The van der Waals surface area contributed by atoms with Crippen LogP contribution >= 0.6 is 11.8 Å². The summed E-state index contributed by atoms with van der Waals surface area (Å²) in [4.78, 5) is 29.1. The van der Waals surface area contributed by atoms with E-state index in [1.807, 2.05) is 30.3 Å². The fourth-order valence-corrected chi connectivity index (χ4v) is 2.95. The third-order valence-corrected chi connectivity index (χ3v) is 4.05. The van der Waals surface area contributed by atoms with Crippen LogP contribution in [0.5, 0.6) is 0 Å². The van der Waals surface area contributed by atoms with E-state index >= 15 is 0 Å². The van der Waals surface area contributed by atoms with Crippen molar-refractivity contribution in [1.29, 1.82) is 0 Å². The molecule has 0 aliphatic heterocycles. The van der Waals surface area contributed by atoms with Crippen LogP contribution in [0.25, 0.3) is 10.9 Å². The molecule has 0 radical (unpaired) electrons. The number of pyridine rings is 1. The van der Waals surface area contributed by atoms with Gasteiger partial charge in [-0.1, -0.05) is 30.0 Å². The van der Waals surface area contributed by atoms with E-state index in [2.05, 4.69) is 4.98 Å². The van der Waals surface area contributed by atoms with Crippen molar-refractivity contribution in [2.24, 2.45) is 0 Å². The van der Waals surface area contributed by atoms with E-state index in [9.17, 15) is 9.59 Å². The molecule has 0 saturated carbocycles. The topological polar surface area (TPSA) is 65.5 Å². The molecule has 0 aliphatic carbocycles. The molecule has 0 spiro atoms. The predicted molar refractivity (Wildman–Crippen MR) is 84.7 cm³/mol. The standard InChI is InChI=1S/C16H17NO4S/c1-3-20-15(18)14(16(19)21-4-2)22-12-9-5-7-11-8-6-10-17-13(11)12/h5-10,14H,3-4H2,1-2H3. The van der Waals surface area contributed by atoms with Gasteiger partial charge in [0.1, 0.15) is 0 Å². The zero-order valence-corrected chi connectivity index (χ0v) is 13.3. The van der Waals surface area contributed by atoms with E-state index in [0.29, 0.717) is 0 Å². The monoisotopic (exact) mass is 319 g/mol. The van der Waals surface area contributed by atoms with Crippen LogP contribution in [-0.2, 0) is 19.1 Å².